The Labute approximate surface area is 145 Å². The molecule has 1 nitrogen and oxygen atoms in total. The molecule has 3 aliphatic rings. The smallest absolute Gasteiger partial charge is 0.0387 e. The molecule has 4 rings (SSSR count). The van der Waals surface area contributed by atoms with Gasteiger partial charge in [0.1, 0.15) is 0 Å². The quantitative estimate of drug-likeness (QED) is 0.711. The van der Waals surface area contributed by atoms with E-state index < -0.39 is 0 Å². The number of hydrogen-bond donors (Lipinski definition) is 1. The van der Waals surface area contributed by atoms with E-state index in [-0.39, 0.29) is 5.41 Å². The van der Waals surface area contributed by atoms with E-state index in [2.05, 4.69) is 93.7 Å². The molecule has 1 aromatic rings. The second-order valence-electron chi connectivity index (χ2n) is 8.17. The summed E-state index contributed by atoms with van der Waals surface area (Å²) in [5.74, 6) is 2.31. The van der Waals surface area contributed by atoms with Crippen molar-refractivity contribution in [2.24, 2.45) is 17.8 Å². The van der Waals surface area contributed by atoms with Gasteiger partial charge < -0.3 is 5.32 Å². The van der Waals surface area contributed by atoms with Gasteiger partial charge in [-0.15, -0.1) is 0 Å². The summed E-state index contributed by atoms with van der Waals surface area (Å²) in [6.07, 6.45) is 16.0. The number of benzene rings is 1. The maximum atomic E-state index is 3.62. The summed E-state index contributed by atoms with van der Waals surface area (Å²) in [4.78, 5) is 0. The highest BCUT2D eigenvalue weighted by atomic mass is 14.9. The van der Waals surface area contributed by atoms with Gasteiger partial charge in [-0.25, -0.2) is 0 Å². The average molecular weight is 317 g/mol. The normalized spacial score (nSPS) is 32.2. The van der Waals surface area contributed by atoms with Gasteiger partial charge in [0.2, 0.25) is 0 Å². The van der Waals surface area contributed by atoms with Gasteiger partial charge in [-0.05, 0) is 52.5 Å². The van der Waals surface area contributed by atoms with E-state index in [0.29, 0.717) is 23.7 Å². The van der Waals surface area contributed by atoms with Crippen LogP contribution >= 0.6 is 0 Å². The topological polar surface area (TPSA) is 12.0 Å². The molecular formula is C23H27N. The second kappa shape index (κ2) is 5.51. The highest BCUT2D eigenvalue weighted by molar-refractivity contribution is 5.60. The maximum Gasteiger partial charge on any atom is 0.0387 e. The molecule has 0 saturated heterocycles. The van der Waals surface area contributed by atoms with Gasteiger partial charge in [-0.3, -0.25) is 0 Å². The molecule has 1 aromatic carbocycles. The van der Waals surface area contributed by atoms with E-state index >= 15 is 0 Å². The lowest BCUT2D eigenvalue weighted by Crippen LogP contribution is -2.24. The molecule has 0 radical (unpaired) electrons. The van der Waals surface area contributed by atoms with E-state index in [1.807, 2.05) is 0 Å². The minimum absolute atomic E-state index is 0.178. The van der Waals surface area contributed by atoms with Crippen LogP contribution < -0.4 is 5.32 Å². The summed E-state index contributed by atoms with van der Waals surface area (Å²) >= 11 is 0. The Morgan fingerprint density at radius 1 is 0.958 bits per heavy atom. The first-order valence-electron chi connectivity index (χ1n) is 9.13. The molecule has 0 aliphatic heterocycles. The van der Waals surface area contributed by atoms with Crippen LogP contribution in [0.25, 0.3) is 0 Å². The lowest BCUT2D eigenvalue weighted by atomic mass is 9.74. The molecule has 0 saturated carbocycles. The fraction of sp³-hybridized carbons (Fsp3) is 0.391. The standard InChI is InChI=1S/C23H27N/c1-15-9-10-17(13-16(15)2)24-18-11-12-20-19-7-5-6-8-21(19)23(3,4)22(20)14-18/h5-16,19,21,24H,1-4H3. The fourth-order valence-corrected chi connectivity index (χ4v) is 4.43. The van der Waals surface area contributed by atoms with Crippen LogP contribution in [-0.2, 0) is 5.41 Å². The van der Waals surface area contributed by atoms with Gasteiger partial charge in [-0.2, -0.15) is 0 Å². The molecule has 124 valence electrons. The Hall–Kier alpha value is -2.02. The zero-order chi connectivity index (χ0) is 16.9. The summed E-state index contributed by atoms with van der Waals surface area (Å²) in [7, 11) is 0. The van der Waals surface area contributed by atoms with Crippen molar-refractivity contribution in [1.82, 2.24) is 0 Å². The van der Waals surface area contributed by atoms with Crippen molar-refractivity contribution in [3.63, 3.8) is 0 Å². The minimum Gasteiger partial charge on any atom is -0.356 e. The highest BCUT2D eigenvalue weighted by Gasteiger charge is 2.44. The molecule has 1 heteroatoms. The zero-order valence-corrected chi connectivity index (χ0v) is 15.1. The summed E-state index contributed by atoms with van der Waals surface area (Å²) in [6, 6.07) is 6.93. The van der Waals surface area contributed by atoms with Crippen LogP contribution in [0.2, 0.25) is 0 Å². The predicted octanol–water partition coefficient (Wildman–Crippen LogP) is 5.94. The van der Waals surface area contributed by atoms with E-state index in [9.17, 15) is 0 Å². The van der Waals surface area contributed by atoms with Crippen LogP contribution in [0, 0.1) is 17.8 Å². The van der Waals surface area contributed by atoms with Gasteiger partial charge in [0.25, 0.3) is 0 Å². The third-order valence-corrected chi connectivity index (χ3v) is 6.21. The average Bonchev–Trinajstić information content (AvgIpc) is 2.80. The largest absolute Gasteiger partial charge is 0.356 e. The number of fused-ring (bicyclic) bond motifs is 3. The Morgan fingerprint density at radius 2 is 1.75 bits per heavy atom. The predicted molar refractivity (Wildman–Crippen MR) is 103 cm³/mol. The summed E-state index contributed by atoms with van der Waals surface area (Å²) in [6.45, 7) is 9.32. The number of allylic oxidation sites excluding steroid dienone is 7. The van der Waals surface area contributed by atoms with Gasteiger partial charge in [0.15, 0.2) is 0 Å². The summed E-state index contributed by atoms with van der Waals surface area (Å²) < 4.78 is 0. The van der Waals surface area contributed by atoms with E-state index in [1.54, 1.807) is 0 Å². The lowest BCUT2D eigenvalue weighted by Gasteiger charge is -2.29. The van der Waals surface area contributed by atoms with Crippen LogP contribution in [0.5, 0.6) is 0 Å². The molecule has 3 aliphatic carbocycles. The zero-order valence-electron chi connectivity index (χ0n) is 15.1. The molecule has 0 fully saturated rings. The summed E-state index contributed by atoms with van der Waals surface area (Å²) in [5, 5.41) is 3.62. The van der Waals surface area contributed by atoms with Crippen molar-refractivity contribution in [2.75, 3.05) is 5.32 Å². The Morgan fingerprint density at radius 3 is 2.54 bits per heavy atom. The molecule has 1 N–H and O–H groups in total. The number of anilines is 1. The number of rotatable bonds is 2. The monoisotopic (exact) mass is 317 g/mol. The Kier molecular flexibility index (Phi) is 3.56. The van der Waals surface area contributed by atoms with Crippen molar-refractivity contribution < 1.29 is 0 Å². The molecular weight excluding hydrogens is 290 g/mol. The van der Waals surface area contributed by atoms with Crippen LogP contribution in [0.3, 0.4) is 0 Å². The van der Waals surface area contributed by atoms with Crippen molar-refractivity contribution in [2.45, 2.75) is 39.0 Å². The Balaban J connectivity index is 1.66. The molecule has 0 aromatic heterocycles. The van der Waals surface area contributed by atoms with Crippen LogP contribution in [0.1, 0.15) is 44.7 Å². The van der Waals surface area contributed by atoms with E-state index in [1.165, 1.54) is 22.5 Å². The molecule has 0 spiro atoms. The molecule has 0 bridgehead atoms. The molecule has 4 unspecified atom stereocenters. The van der Waals surface area contributed by atoms with Gasteiger partial charge in [0.05, 0.1) is 0 Å². The summed E-state index contributed by atoms with van der Waals surface area (Å²) in [5.41, 5.74) is 5.57. The van der Waals surface area contributed by atoms with Gasteiger partial charge in [-0.1, -0.05) is 70.2 Å². The van der Waals surface area contributed by atoms with Crippen LogP contribution in [0.4, 0.5) is 5.69 Å². The van der Waals surface area contributed by atoms with E-state index in [0.717, 1.165) is 0 Å². The van der Waals surface area contributed by atoms with Crippen molar-refractivity contribution in [1.29, 1.82) is 0 Å². The van der Waals surface area contributed by atoms with Crippen molar-refractivity contribution >= 4 is 5.69 Å². The number of hydrogen-bond acceptors (Lipinski definition) is 1. The van der Waals surface area contributed by atoms with Crippen molar-refractivity contribution in [3.05, 3.63) is 77.6 Å². The third kappa shape index (κ3) is 2.38. The first-order valence-corrected chi connectivity index (χ1v) is 9.13. The third-order valence-electron chi connectivity index (χ3n) is 6.21. The van der Waals surface area contributed by atoms with E-state index in [4.69, 9.17) is 0 Å². The van der Waals surface area contributed by atoms with Gasteiger partial charge >= 0.3 is 0 Å². The van der Waals surface area contributed by atoms with Crippen molar-refractivity contribution in [3.8, 4) is 0 Å². The fourth-order valence-electron chi connectivity index (χ4n) is 4.43. The minimum atomic E-state index is 0.178. The number of nitrogens with one attached hydrogen (secondary N) is 1. The maximum absolute atomic E-state index is 3.62. The molecule has 4 atom stereocenters. The lowest BCUT2D eigenvalue weighted by molar-refractivity contribution is 0.394. The van der Waals surface area contributed by atoms with Gasteiger partial charge in [0, 0.05) is 17.3 Å². The Bertz CT molecular complexity index is 775. The first-order chi connectivity index (χ1) is 11.5. The van der Waals surface area contributed by atoms with Crippen LogP contribution in [0.15, 0.2) is 66.4 Å². The SMILES string of the molecule is CC1C=CC(Nc2ccc3c(c2)C(C)(C)C2C=CC=CC32)=CC1C. The second-order valence-corrected chi connectivity index (χ2v) is 8.17. The molecule has 0 amide bonds. The molecule has 24 heavy (non-hydrogen) atoms. The van der Waals surface area contributed by atoms with Crippen LogP contribution in [-0.4, -0.2) is 0 Å². The highest BCUT2D eigenvalue weighted by Crippen LogP contribution is 2.53. The molecule has 0 heterocycles. The first kappa shape index (κ1) is 15.5.